The van der Waals surface area contributed by atoms with E-state index in [-0.39, 0.29) is 38.6 Å². The lowest BCUT2D eigenvalue weighted by Crippen LogP contribution is -2.29. The van der Waals surface area contributed by atoms with Gasteiger partial charge in [0.2, 0.25) is 0 Å². The smallest absolute Gasteiger partial charge is 0.462 e. The van der Waals surface area contributed by atoms with Crippen molar-refractivity contribution in [2.45, 2.75) is 335 Å². The third kappa shape index (κ3) is 54.3. The van der Waals surface area contributed by atoms with E-state index in [0.29, 0.717) is 6.42 Å². The Balaban J connectivity index is 3.61. The van der Waals surface area contributed by atoms with Crippen molar-refractivity contribution in [1.82, 2.24) is 0 Å². The number of phosphoric ester groups is 1. The molecule has 0 rings (SSSR count). The molecule has 0 aliphatic rings. The number of nitrogens with two attached hydrogens (primary N) is 1. The monoisotopic (exact) mass is 986 g/mol. The number of hydrogen-bond acceptors (Lipinski definition) is 8. The molecule has 0 bridgehead atoms. The van der Waals surface area contributed by atoms with Crippen molar-refractivity contribution < 1.29 is 37.6 Å². The van der Waals surface area contributed by atoms with Crippen molar-refractivity contribution in [2.75, 3.05) is 26.4 Å². The van der Waals surface area contributed by atoms with Gasteiger partial charge in [0.25, 0.3) is 0 Å². The lowest BCUT2D eigenvalue weighted by molar-refractivity contribution is -0.161. The van der Waals surface area contributed by atoms with E-state index >= 15 is 0 Å². The number of rotatable bonds is 58. The molecule has 3 N–H and O–H groups in total. The van der Waals surface area contributed by atoms with Crippen molar-refractivity contribution in [3.63, 3.8) is 0 Å². The Morgan fingerprint density at radius 1 is 0.382 bits per heavy atom. The first kappa shape index (κ1) is 67.0. The molecule has 68 heavy (non-hydrogen) atoms. The number of carbonyl (C=O) groups excluding carboxylic acids is 2. The zero-order valence-corrected chi connectivity index (χ0v) is 46.3. The Hall–Kier alpha value is -0.990. The molecule has 10 heteroatoms. The molecule has 0 radical (unpaired) electrons. The van der Waals surface area contributed by atoms with E-state index in [9.17, 15) is 19.0 Å². The molecule has 2 unspecified atom stereocenters. The van der Waals surface area contributed by atoms with Crippen LogP contribution in [0.15, 0.2) is 0 Å². The van der Waals surface area contributed by atoms with Gasteiger partial charge in [-0.3, -0.25) is 18.6 Å². The lowest BCUT2D eigenvalue weighted by Gasteiger charge is -2.19. The highest BCUT2D eigenvalue weighted by Crippen LogP contribution is 2.43. The molecule has 0 aromatic heterocycles. The molecule has 0 amide bonds. The molecule has 0 fully saturated rings. The lowest BCUT2D eigenvalue weighted by atomic mass is 10.0. The normalized spacial score (nSPS) is 12.9. The van der Waals surface area contributed by atoms with E-state index < -0.39 is 26.5 Å². The number of phosphoric acid groups is 1. The molecule has 0 heterocycles. The molecular weight excluding hydrogens is 870 g/mol. The fourth-order valence-corrected chi connectivity index (χ4v) is 10.1. The molecule has 0 spiro atoms. The van der Waals surface area contributed by atoms with Gasteiger partial charge in [0.05, 0.1) is 13.2 Å². The van der Waals surface area contributed by atoms with Gasteiger partial charge in [-0.15, -0.1) is 0 Å². The Morgan fingerprint density at radius 3 is 0.897 bits per heavy atom. The minimum absolute atomic E-state index is 0.0580. The summed E-state index contributed by atoms with van der Waals surface area (Å²) < 4.78 is 32.8. The topological polar surface area (TPSA) is 134 Å². The third-order valence-electron chi connectivity index (χ3n) is 13.7. The van der Waals surface area contributed by atoms with Gasteiger partial charge in [-0.05, 0) is 12.8 Å². The summed E-state index contributed by atoms with van der Waals surface area (Å²) in [5, 5.41) is 0. The van der Waals surface area contributed by atoms with E-state index in [1.165, 1.54) is 263 Å². The summed E-state index contributed by atoms with van der Waals surface area (Å²) in [6, 6.07) is 0. The molecule has 0 aromatic carbocycles. The second-order valence-electron chi connectivity index (χ2n) is 20.6. The van der Waals surface area contributed by atoms with Crippen LogP contribution in [0.5, 0.6) is 0 Å². The maximum Gasteiger partial charge on any atom is 0.472 e. The summed E-state index contributed by atoms with van der Waals surface area (Å²) in [5.41, 5.74) is 5.36. The van der Waals surface area contributed by atoms with Crippen molar-refractivity contribution >= 4 is 19.8 Å². The predicted octanol–water partition coefficient (Wildman–Crippen LogP) is 18.7. The molecule has 0 saturated heterocycles. The zero-order valence-electron chi connectivity index (χ0n) is 45.4. The Bertz CT molecular complexity index is 1080. The highest BCUT2D eigenvalue weighted by Gasteiger charge is 2.26. The van der Waals surface area contributed by atoms with Crippen LogP contribution in [0.2, 0.25) is 0 Å². The van der Waals surface area contributed by atoms with E-state index in [2.05, 4.69) is 13.8 Å². The van der Waals surface area contributed by atoms with Crippen molar-refractivity contribution in [3.05, 3.63) is 0 Å². The van der Waals surface area contributed by atoms with Gasteiger partial charge in [0.15, 0.2) is 6.10 Å². The van der Waals surface area contributed by atoms with Crippen molar-refractivity contribution in [3.8, 4) is 0 Å². The molecule has 0 aliphatic carbocycles. The fraction of sp³-hybridized carbons (Fsp3) is 0.966. The second kappa shape index (κ2) is 55.3. The van der Waals surface area contributed by atoms with Crippen LogP contribution >= 0.6 is 7.82 Å². The summed E-state index contributed by atoms with van der Waals surface area (Å²) in [7, 11) is -4.37. The van der Waals surface area contributed by atoms with E-state index in [1.807, 2.05) is 0 Å². The maximum absolute atomic E-state index is 12.6. The highest BCUT2D eigenvalue weighted by atomic mass is 31.2. The SMILES string of the molecule is CCCCCCCCCCCCCCCCCCCCCCCCCCCCCCCCCCCCCCCCCC(=O)OC(COC(=O)CCCCCCCCCC)COP(=O)(O)OCCN. The summed E-state index contributed by atoms with van der Waals surface area (Å²) in [6.07, 6.45) is 62.4. The Morgan fingerprint density at radius 2 is 0.632 bits per heavy atom. The molecule has 406 valence electrons. The average molecular weight is 987 g/mol. The van der Waals surface area contributed by atoms with Crippen LogP contribution in [0.4, 0.5) is 0 Å². The summed E-state index contributed by atoms with van der Waals surface area (Å²) in [4.78, 5) is 34.9. The van der Waals surface area contributed by atoms with E-state index in [1.54, 1.807) is 0 Å². The molecule has 2 atom stereocenters. The molecular formula is C58H116NO8P. The Labute approximate surface area is 422 Å². The fourth-order valence-electron chi connectivity index (χ4n) is 9.29. The van der Waals surface area contributed by atoms with Crippen LogP contribution in [0.3, 0.4) is 0 Å². The minimum Gasteiger partial charge on any atom is -0.462 e. The highest BCUT2D eigenvalue weighted by molar-refractivity contribution is 7.47. The third-order valence-corrected chi connectivity index (χ3v) is 14.7. The standard InChI is InChI=1S/C58H116NO8P/c1-3-5-7-9-11-13-14-15-16-17-18-19-20-21-22-23-24-25-26-27-28-29-30-31-32-33-34-35-36-37-38-39-40-41-42-43-45-47-49-51-58(61)67-56(55-66-68(62,63)65-53-52-59)54-64-57(60)50-48-46-44-12-10-8-6-4-2/h56H,3-55,59H2,1-2H3,(H,62,63). The van der Waals surface area contributed by atoms with Gasteiger partial charge in [-0.25, -0.2) is 4.57 Å². The number of unbranched alkanes of at least 4 members (excludes halogenated alkanes) is 45. The van der Waals surface area contributed by atoms with Crippen LogP contribution in [-0.4, -0.2) is 49.3 Å². The number of carbonyl (C=O) groups is 2. The van der Waals surface area contributed by atoms with Crippen LogP contribution < -0.4 is 5.73 Å². The van der Waals surface area contributed by atoms with Gasteiger partial charge in [0.1, 0.15) is 6.61 Å². The molecule has 9 nitrogen and oxygen atoms in total. The Kier molecular flexibility index (Phi) is 54.5. The van der Waals surface area contributed by atoms with Gasteiger partial charge in [-0.2, -0.15) is 0 Å². The average Bonchev–Trinajstić information content (AvgIpc) is 3.33. The van der Waals surface area contributed by atoms with E-state index in [4.69, 9.17) is 24.3 Å². The van der Waals surface area contributed by atoms with Crippen LogP contribution in [-0.2, 0) is 32.7 Å². The van der Waals surface area contributed by atoms with Crippen molar-refractivity contribution in [1.29, 1.82) is 0 Å². The summed E-state index contributed by atoms with van der Waals surface area (Å²) >= 11 is 0. The number of ether oxygens (including phenoxy) is 2. The summed E-state index contributed by atoms with van der Waals surface area (Å²) in [5.74, 6) is -0.814. The van der Waals surface area contributed by atoms with Crippen LogP contribution in [0, 0.1) is 0 Å². The van der Waals surface area contributed by atoms with Crippen LogP contribution in [0.25, 0.3) is 0 Å². The first-order valence-electron chi connectivity index (χ1n) is 30.0. The number of hydrogen-bond donors (Lipinski definition) is 2. The first-order chi connectivity index (χ1) is 33.3. The summed E-state index contributed by atoms with van der Waals surface area (Å²) in [6.45, 7) is 3.76. The zero-order chi connectivity index (χ0) is 49.5. The largest absolute Gasteiger partial charge is 0.472 e. The second-order valence-corrected chi connectivity index (χ2v) is 22.0. The van der Waals surface area contributed by atoms with Gasteiger partial charge >= 0.3 is 19.8 Å². The predicted molar refractivity (Wildman–Crippen MR) is 289 cm³/mol. The van der Waals surface area contributed by atoms with Gasteiger partial charge < -0.3 is 20.1 Å². The molecule has 0 aromatic rings. The molecule has 0 aliphatic heterocycles. The van der Waals surface area contributed by atoms with Crippen LogP contribution in [0.1, 0.15) is 328 Å². The number of esters is 2. The maximum atomic E-state index is 12.6. The first-order valence-corrected chi connectivity index (χ1v) is 31.5. The van der Waals surface area contributed by atoms with Gasteiger partial charge in [-0.1, -0.05) is 303 Å². The van der Waals surface area contributed by atoms with Crippen molar-refractivity contribution in [2.24, 2.45) is 5.73 Å². The quantitative estimate of drug-likeness (QED) is 0.0347. The molecule has 0 saturated carbocycles. The van der Waals surface area contributed by atoms with Gasteiger partial charge in [0, 0.05) is 19.4 Å². The van der Waals surface area contributed by atoms with E-state index in [0.717, 1.165) is 32.1 Å². The minimum atomic E-state index is -4.37.